The summed E-state index contributed by atoms with van der Waals surface area (Å²) in [6, 6.07) is 6.23. The molecule has 0 atom stereocenters. The van der Waals surface area contributed by atoms with Gasteiger partial charge >= 0.3 is 5.97 Å². The van der Waals surface area contributed by atoms with Crippen LogP contribution in [0, 0.1) is 0 Å². The van der Waals surface area contributed by atoms with Crippen LogP contribution in [0.4, 0.5) is 5.69 Å². The van der Waals surface area contributed by atoms with Gasteiger partial charge in [-0.25, -0.2) is 13.2 Å². The lowest BCUT2D eigenvalue weighted by atomic mass is 10.1. The number of carboxylic acid groups (broad SMARTS) is 1. The number of hydrogen-bond acceptors (Lipinski definition) is 3. The van der Waals surface area contributed by atoms with E-state index < -0.39 is 16.0 Å². The van der Waals surface area contributed by atoms with E-state index in [4.69, 9.17) is 0 Å². The van der Waals surface area contributed by atoms with Crippen molar-refractivity contribution in [3.63, 3.8) is 0 Å². The van der Waals surface area contributed by atoms with Crippen LogP contribution in [0.2, 0.25) is 0 Å². The molecule has 0 aromatic heterocycles. The molecule has 0 saturated heterocycles. The summed E-state index contributed by atoms with van der Waals surface area (Å²) in [5.41, 5.74) is 0.269. The summed E-state index contributed by atoms with van der Waals surface area (Å²) in [6.07, 6.45) is 2.03. The highest BCUT2D eigenvalue weighted by molar-refractivity contribution is 7.92. The summed E-state index contributed by atoms with van der Waals surface area (Å²) in [5.74, 6) is -1.10. The molecule has 0 unspecified atom stereocenters. The Hall–Kier alpha value is -1.56. The molecule has 1 N–H and O–H groups in total. The Labute approximate surface area is 120 Å². The molecule has 0 spiro atoms. The molecule has 0 bridgehead atoms. The predicted molar refractivity (Wildman–Crippen MR) is 79.7 cm³/mol. The van der Waals surface area contributed by atoms with Gasteiger partial charge in [-0.15, -0.1) is 0 Å². The van der Waals surface area contributed by atoms with Gasteiger partial charge in [0.15, 0.2) is 0 Å². The predicted octanol–water partition coefficient (Wildman–Crippen LogP) is 2.73. The first-order chi connectivity index (χ1) is 9.44. The SMILES string of the molecule is CCCCN(c1ccccc1C(=O)O)S(=O)(=O)CCC. The Morgan fingerprint density at radius 1 is 1.20 bits per heavy atom. The number of anilines is 1. The number of benzene rings is 1. The van der Waals surface area contributed by atoms with Crippen molar-refractivity contribution in [3.05, 3.63) is 29.8 Å². The number of unbranched alkanes of at least 4 members (excludes halogenated alkanes) is 1. The molecule has 5 nitrogen and oxygen atoms in total. The number of carbonyl (C=O) groups is 1. The number of carboxylic acids is 1. The molecule has 0 heterocycles. The zero-order chi connectivity index (χ0) is 15.2. The lowest BCUT2D eigenvalue weighted by molar-refractivity contribution is 0.0698. The molecule has 0 fully saturated rings. The number of nitrogens with zero attached hydrogens (tertiary/aromatic N) is 1. The Bertz CT molecular complexity index is 554. The van der Waals surface area contributed by atoms with Crippen LogP contribution in [0.5, 0.6) is 0 Å². The van der Waals surface area contributed by atoms with Gasteiger partial charge in [0.25, 0.3) is 0 Å². The summed E-state index contributed by atoms with van der Waals surface area (Å²) >= 11 is 0. The molecule has 20 heavy (non-hydrogen) atoms. The molecular formula is C14H21NO4S. The van der Waals surface area contributed by atoms with Crippen molar-refractivity contribution in [2.75, 3.05) is 16.6 Å². The molecule has 0 amide bonds. The zero-order valence-corrected chi connectivity index (χ0v) is 12.7. The number of rotatable bonds is 8. The van der Waals surface area contributed by atoms with E-state index in [0.29, 0.717) is 19.4 Å². The second-order valence-corrected chi connectivity index (χ2v) is 6.58. The Morgan fingerprint density at radius 3 is 2.40 bits per heavy atom. The van der Waals surface area contributed by atoms with E-state index in [9.17, 15) is 18.3 Å². The minimum absolute atomic E-state index is 0.0169. The number of aromatic carboxylic acids is 1. The molecule has 0 aliphatic heterocycles. The highest BCUT2D eigenvalue weighted by Crippen LogP contribution is 2.24. The van der Waals surface area contributed by atoms with Crippen molar-refractivity contribution in [2.24, 2.45) is 0 Å². The summed E-state index contributed by atoms with van der Waals surface area (Å²) in [6.45, 7) is 4.06. The first-order valence-corrected chi connectivity index (χ1v) is 8.37. The molecule has 0 aliphatic carbocycles. The molecule has 0 radical (unpaired) electrons. The maximum atomic E-state index is 12.3. The molecule has 1 aromatic rings. The summed E-state index contributed by atoms with van der Waals surface area (Å²) in [4.78, 5) is 11.3. The molecule has 1 aromatic carbocycles. The monoisotopic (exact) mass is 299 g/mol. The zero-order valence-electron chi connectivity index (χ0n) is 11.9. The van der Waals surface area contributed by atoms with Crippen LogP contribution in [-0.4, -0.2) is 31.8 Å². The first kappa shape index (κ1) is 16.5. The standard InChI is InChI=1S/C14H21NO4S/c1-3-5-10-15(20(18,19)11-4-2)13-9-7-6-8-12(13)14(16)17/h6-9H,3-5,10-11H2,1-2H3,(H,16,17). The molecular weight excluding hydrogens is 278 g/mol. The average Bonchev–Trinajstić information content (AvgIpc) is 2.39. The van der Waals surface area contributed by atoms with E-state index in [1.54, 1.807) is 25.1 Å². The van der Waals surface area contributed by atoms with Gasteiger partial charge in [-0.3, -0.25) is 4.31 Å². The number of hydrogen-bond donors (Lipinski definition) is 1. The van der Waals surface area contributed by atoms with Crippen LogP contribution in [-0.2, 0) is 10.0 Å². The second-order valence-electron chi connectivity index (χ2n) is 4.56. The third-order valence-corrected chi connectivity index (χ3v) is 4.89. The number of para-hydroxylation sites is 1. The smallest absolute Gasteiger partial charge is 0.337 e. The van der Waals surface area contributed by atoms with Gasteiger partial charge < -0.3 is 5.11 Å². The van der Waals surface area contributed by atoms with Crippen LogP contribution in [0.15, 0.2) is 24.3 Å². The van der Waals surface area contributed by atoms with E-state index in [-0.39, 0.29) is 17.0 Å². The number of sulfonamides is 1. The van der Waals surface area contributed by atoms with Gasteiger partial charge in [0.2, 0.25) is 10.0 Å². The molecule has 6 heteroatoms. The van der Waals surface area contributed by atoms with Crippen molar-refractivity contribution in [3.8, 4) is 0 Å². The van der Waals surface area contributed by atoms with Crippen LogP contribution < -0.4 is 4.31 Å². The minimum Gasteiger partial charge on any atom is -0.478 e. The van der Waals surface area contributed by atoms with Gasteiger partial charge in [0.05, 0.1) is 17.0 Å². The van der Waals surface area contributed by atoms with E-state index in [0.717, 1.165) is 6.42 Å². The fraction of sp³-hybridized carbons (Fsp3) is 0.500. The van der Waals surface area contributed by atoms with E-state index in [1.165, 1.54) is 10.4 Å². The summed E-state index contributed by atoms with van der Waals surface area (Å²) < 4.78 is 25.9. The van der Waals surface area contributed by atoms with Gasteiger partial charge in [-0.05, 0) is 25.0 Å². The van der Waals surface area contributed by atoms with Crippen molar-refractivity contribution in [1.82, 2.24) is 0 Å². The highest BCUT2D eigenvalue weighted by atomic mass is 32.2. The normalized spacial score (nSPS) is 11.3. The Morgan fingerprint density at radius 2 is 1.85 bits per heavy atom. The minimum atomic E-state index is -3.48. The highest BCUT2D eigenvalue weighted by Gasteiger charge is 2.25. The molecule has 0 aliphatic rings. The van der Waals surface area contributed by atoms with Crippen molar-refractivity contribution in [2.45, 2.75) is 33.1 Å². The lowest BCUT2D eigenvalue weighted by Crippen LogP contribution is -2.35. The van der Waals surface area contributed by atoms with Crippen LogP contribution in [0.25, 0.3) is 0 Å². The summed E-state index contributed by atoms with van der Waals surface area (Å²) in [5, 5.41) is 9.21. The Kier molecular flexibility index (Phi) is 6.01. The molecule has 112 valence electrons. The fourth-order valence-electron chi connectivity index (χ4n) is 1.95. The summed E-state index contributed by atoms with van der Waals surface area (Å²) in [7, 11) is -3.48. The average molecular weight is 299 g/mol. The third kappa shape index (κ3) is 3.96. The van der Waals surface area contributed by atoms with Gasteiger partial charge in [-0.2, -0.15) is 0 Å². The lowest BCUT2D eigenvalue weighted by Gasteiger charge is -2.25. The fourth-order valence-corrected chi connectivity index (χ4v) is 3.55. The van der Waals surface area contributed by atoms with Crippen LogP contribution in [0.1, 0.15) is 43.5 Å². The van der Waals surface area contributed by atoms with E-state index in [1.807, 2.05) is 6.92 Å². The van der Waals surface area contributed by atoms with Gasteiger partial charge in [0.1, 0.15) is 0 Å². The van der Waals surface area contributed by atoms with E-state index in [2.05, 4.69) is 0 Å². The maximum absolute atomic E-state index is 12.3. The molecule has 0 saturated carbocycles. The van der Waals surface area contributed by atoms with Gasteiger partial charge in [0, 0.05) is 6.54 Å². The largest absolute Gasteiger partial charge is 0.478 e. The van der Waals surface area contributed by atoms with Crippen molar-refractivity contribution < 1.29 is 18.3 Å². The second kappa shape index (κ2) is 7.28. The molecule has 1 rings (SSSR count). The quantitative estimate of drug-likeness (QED) is 0.801. The third-order valence-electron chi connectivity index (χ3n) is 2.92. The van der Waals surface area contributed by atoms with Crippen molar-refractivity contribution in [1.29, 1.82) is 0 Å². The van der Waals surface area contributed by atoms with Crippen LogP contribution in [0.3, 0.4) is 0 Å². The Balaban J connectivity index is 3.28. The first-order valence-electron chi connectivity index (χ1n) is 6.76. The van der Waals surface area contributed by atoms with Gasteiger partial charge in [-0.1, -0.05) is 32.4 Å². The topological polar surface area (TPSA) is 74.7 Å². The van der Waals surface area contributed by atoms with Crippen LogP contribution >= 0.6 is 0 Å². The van der Waals surface area contributed by atoms with E-state index >= 15 is 0 Å². The maximum Gasteiger partial charge on any atom is 0.337 e. The van der Waals surface area contributed by atoms with Crippen molar-refractivity contribution >= 4 is 21.7 Å².